The fourth-order valence-electron chi connectivity index (χ4n) is 2.30. The second-order valence-electron chi connectivity index (χ2n) is 5.50. The monoisotopic (exact) mass is 367 g/mol. The zero-order chi connectivity index (χ0) is 17.4. The van der Waals surface area contributed by atoms with E-state index in [9.17, 15) is 0 Å². The standard InChI is InChI=1S/C19H23Cl2NO2/c1-3-10-24-19-12-17(21)15(11-18(19)23-2)13-22-9-8-14-4-6-16(20)7-5-14/h4-7,11-12,22H,3,8-10,13H2,1-2H3. The molecular formula is C19H23Cl2NO2. The second kappa shape index (κ2) is 9.77. The highest BCUT2D eigenvalue weighted by Crippen LogP contribution is 2.33. The molecule has 0 aliphatic carbocycles. The van der Waals surface area contributed by atoms with Crippen LogP contribution in [0.15, 0.2) is 36.4 Å². The lowest BCUT2D eigenvalue weighted by atomic mass is 10.1. The number of methoxy groups -OCH3 is 1. The fourth-order valence-corrected chi connectivity index (χ4v) is 2.65. The van der Waals surface area contributed by atoms with Gasteiger partial charge in [-0.2, -0.15) is 0 Å². The summed E-state index contributed by atoms with van der Waals surface area (Å²) in [6, 6.07) is 11.7. The van der Waals surface area contributed by atoms with Crippen molar-refractivity contribution in [1.82, 2.24) is 5.32 Å². The van der Waals surface area contributed by atoms with Gasteiger partial charge in [-0.3, -0.25) is 0 Å². The molecule has 2 aromatic carbocycles. The first-order chi connectivity index (χ1) is 11.6. The molecule has 0 radical (unpaired) electrons. The largest absolute Gasteiger partial charge is 0.493 e. The van der Waals surface area contributed by atoms with Gasteiger partial charge < -0.3 is 14.8 Å². The third-order valence-electron chi connectivity index (χ3n) is 3.61. The van der Waals surface area contributed by atoms with Crippen LogP contribution in [0.2, 0.25) is 10.0 Å². The molecule has 0 atom stereocenters. The quantitative estimate of drug-likeness (QED) is 0.623. The van der Waals surface area contributed by atoms with Gasteiger partial charge in [0, 0.05) is 22.7 Å². The van der Waals surface area contributed by atoms with Crippen LogP contribution in [0.1, 0.15) is 24.5 Å². The van der Waals surface area contributed by atoms with Crippen molar-refractivity contribution >= 4 is 23.2 Å². The molecule has 0 aromatic heterocycles. The second-order valence-corrected chi connectivity index (χ2v) is 6.34. The summed E-state index contributed by atoms with van der Waals surface area (Å²) in [5.74, 6) is 1.40. The molecule has 0 saturated heterocycles. The van der Waals surface area contributed by atoms with Gasteiger partial charge in [-0.25, -0.2) is 0 Å². The summed E-state index contributed by atoms with van der Waals surface area (Å²) in [6.45, 7) is 4.24. The number of nitrogens with one attached hydrogen (secondary N) is 1. The minimum absolute atomic E-state index is 0.644. The van der Waals surface area contributed by atoms with Crippen LogP contribution < -0.4 is 14.8 Å². The Labute approximate surface area is 153 Å². The SMILES string of the molecule is CCCOc1cc(Cl)c(CNCCc2ccc(Cl)cc2)cc1OC. The van der Waals surface area contributed by atoms with E-state index >= 15 is 0 Å². The van der Waals surface area contributed by atoms with E-state index in [4.69, 9.17) is 32.7 Å². The molecule has 0 aliphatic rings. The van der Waals surface area contributed by atoms with Crippen molar-refractivity contribution in [2.24, 2.45) is 0 Å². The topological polar surface area (TPSA) is 30.5 Å². The Morgan fingerprint density at radius 2 is 1.79 bits per heavy atom. The van der Waals surface area contributed by atoms with Gasteiger partial charge in [0.05, 0.1) is 13.7 Å². The van der Waals surface area contributed by atoms with E-state index < -0.39 is 0 Å². The van der Waals surface area contributed by atoms with Gasteiger partial charge in [-0.1, -0.05) is 42.3 Å². The van der Waals surface area contributed by atoms with Crippen LogP contribution >= 0.6 is 23.2 Å². The van der Waals surface area contributed by atoms with Crippen LogP contribution in [0.5, 0.6) is 11.5 Å². The Balaban J connectivity index is 1.90. The van der Waals surface area contributed by atoms with E-state index in [0.717, 1.165) is 30.0 Å². The van der Waals surface area contributed by atoms with E-state index in [0.29, 0.717) is 29.7 Å². The van der Waals surface area contributed by atoms with E-state index in [1.165, 1.54) is 5.56 Å². The number of benzene rings is 2. The smallest absolute Gasteiger partial charge is 0.162 e. The number of hydrogen-bond acceptors (Lipinski definition) is 3. The average Bonchev–Trinajstić information content (AvgIpc) is 2.59. The molecule has 0 fully saturated rings. The maximum absolute atomic E-state index is 6.36. The summed E-state index contributed by atoms with van der Waals surface area (Å²) < 4.78 is 11.1. The molecule has 2 aromatic rings. The first-order valence-electron chi connectivity index (χ1n) is 8.08. The molecule has 0 spiro atoms. The third kappa shape index (κ3) is 5.59. The number of rotatable bonds is 9. The van der Waals surface area contributed by atoms with Crippen LogP contribution in [-0.4, -0.2) is 20.3 Å². The van der Waals surface area contributed by atoms with Gasteiger partial charge in [0.25, 0.3) is 0 Å². The summed E-state index contributed by atoms with van der Waals surface area (Å²) in [4.78, 5) is 0. The van der Waals surface area contributed by atoms with Crippen molar-refractivity contribution in [3.05, 3.63) is 57.6 Å². The van der Waals surface area contributed by atoms with Crippen molar-refractivity contribution in [3.63, 3.8) is 0 Å². The average molecular weight is 368 g/mol. The molecule has 130 valence electrons. The highest BCUT2D eigenvalue weighted by molar-refractivity contribution is 6.31. The lowest BCUT2D eigenvalue weighted by Gasteiger charge is -2.14. The van der Waals surface area contributed by atoms with Gasteiger partial charge in [-0.05, 0) is 48.7 Å². The van der Waals surface area contributed by atoms with Gasteiger partial charge in [0.1, 0.15) is 0 Å². The minimum atomic E-state index is 0.644. The highest BCUT2D eigenvalue weighted by Gasteiger charge is 2.10. The zero-order valence-electron chi connectivity index (χ0n) is 14.1. The van der Waals surface area contributed by atoms with Gasteiger partial charge in [0.15, 0.2) is 11.5 Å². The first-order valence-corrected chi connectivity index (χ1v) is 8.84. The predicted molar refractivity (Wildman–Crippen MR) is 101 cm³/mol. The molecule has 5 heteroatoms. The number of ether oxygens (including phenoxy) is 2. The van der Waals surface area contributed by atoms with E-state index in [2.05, 4.69) is 12.2 Å². The third-order valence-corrected chi connectivity index (χ3v) is 4.22. The Kier molecular flexibility index (Phi) is 7.70. The Hall–Kier alpha value is -1.42. The van der Waals surface area contributed by atoms with Crippen LogP contribution in [0.4, 0.5) is 0 Å². The Bertz CT molecular complexity index is 645. The molecular weight excluding hydrogens is 345 g/mol. The molecule has 3 nitrogen and oxygen atoms in total. The molecule has 1 N–H and O–H groups in total. The van der Waals surface area contributed by atoms with Crippen molar-refractivity contribution in [1.29, 1.82) is 0 Å². The van der Waals surface area contributed by atoms with Crippen molar-refractivity contribution in [2.45, 2.75) is 26.3 Å². The molecule has 0 saturated carbocycles. The number of hydrogen-bond donors (Lipinski definition) is 1. The highest BCUT2D eigenvalue weighted by atomic mass is 35.5. The van der Waals surface area contributed by atoms with Crippen molar-refractivity contribution < 1.29 is 9.47 Å². The minimum Gasteiger partial charge on any atom is -0.493 e. The van der Waals surface area contributed by atoms with Crippen molar-refractivity contribution in [2.75, 3.05) is 20.3 Å². The summed E-state index contributed by atoms with van der Waals surface area (Å²) in [5, 5.41) is 4.85. The Morgan fingerprint density at radius 1 is 1.04 bits per heavy atom. The number of halogens is 2. The van der Waals surface area contributed by atoms with Gasteiger partial charge >= 0.3 is 0 Å². The molecule has 0 unspecified atom stereocenters. The first kappa shape index (κ1) is 18.9. The summed E-state index contributed by atoms with van der Waals surface area (Å²) in [5.41, 5.74) is 2.24. The fraction of sp³-hybridized carbons (Fsp3) is 0.368. The maximum atomic E-state index is 6.36. The van der Waals surface area contributed by atoms with Gasteiger partial charge in [-0.15, -0.1) is 0 Å². The van der Waals surface area contributed by atoms with E-state index in [1.54, 1.807) is 7.11 Å². The molecule has 0 bridgehead atoms. The zero-order valence-corrected chi connectivity index (χ0v) is 15.6. The summed E-state index contributed by atoms with van der Waals surface area (Å²) in [6.07, 6.45) is 1.87. The normalized spacial score (nSPS) is 10.7. The Morgan fingerprint density at radius 3 is 2.46 bits per heavy atom. The molecule has 24 heavy (non-hydrogen) atoms. The van der Waals surface area contributed by atoms with Crippen molar-refractivity contribution in [3.8, 4) is 11.5 Å². The van der Waals surface area contributed by atoms with Crippen LogP contribution in [0, 0.1) is 0 Å². The molecule has 2 rings (SSSR count). The molecule has 0 heterocycles. The van der Waals surface area contributed by atoms with Crippen LogP contribution in [0.25, 0.3) is 0 Å². The maximum Gasteiger partial charge on any atom is 0.162 e. The summed E-state index contributed by atoms with van der Waals surface area (Å²) >= 11 is 12.3. The van der Waals surface area contributed by atoms with Crippen LogP contribution in [-0.2, 0) is 13.0 Å². The predicted octanol–water partition coefficient (Wildman–Crippen LogP) is 5.12. The van der Waals surface area contributed by atoms with Gasteiger partial charge in [0.2, 0.25) is 0 Å². The van der Waals surface area contributed by atoms with E-state index in [-0.39, 0.29) is 0 Å². The lowest BCUT2D eigenvalue weighted by Crippen LogP contribution is -2.17. The molecule has 0 aliphatic heterocycles. The van der Waals surface area contributed by atoms with Crippen LogP contribution in [0.3, 0.4) is 0 Å². The van der Waals surface area contributed by atoms with E-state index in [1.807, 2.05) is 36.4 Å². The molecule has 0 amide bonds. The summed E-state index contributed by atoms with van der Waals surface area (Å²) in [7, 11) is 1.64. The lowest BCUT2D eigenvalue weighted by molar-refractivity contribution is 0.294.